The zero-order valence-electron chi connectivity index (χ0n) is 26.1. The molecule has 0 unspecified atom stereocenters. The van der Waals surface area contributed by atoms with Crippen LogP contribution in [0.25, 0.3) is 16.6 Å². The van der Waals surface area contributed by atoms with Crippen LogP contribution in [0.2, 0.25) is 0 Å². The Bertz CT molecular complexity index is 2140. The summed E-state index contributed by atoms with van der Waals surface area (Å²) in [4.78, 5) is 63.8. The van der Waals surface area contributed by atoms with Crippen molar-refractivity contribution in [2.75, 3.05) is 25.5 Å². The van der Waals surface area contributed by atoms with Crippen LogP contribution < -0.4 is 26.6 Å². The standard InChI is InChI=1S/C35H32FN7O5/c1-41-16-13-23(14-17-41)40-33(45)29-18-27-30(19-38-29)37-15-12-31(27)48-26-10-4-22(5-11-26)39-32(44)28-20-42(24-8-9-24)35(47)43(34(28)46)25-6-2-21(36)3-7-25/h2-7,10-12,15,18-20,23-24H,8-9,13-14,16-17H2,1H3,(H,39,44)(H,40,45). The number of piperidine rings is 1. The molecule has 1 aliphatic carbocycles. The molecule has 2 fully saturated rings. The number of hydrogen-bond acceptors (Lipinski definition) is 8. The Morgan fingerprint density at radius 2 is 1.65 bits per heavy atom. The van der Waals surface area contributed by atoms with E-state index in [1.165, 1.54) is 22.9 Å². The van der Waals surface area contributed by atoms with E-state index in [0.717, 1.165) is 55.5 Å². The molecule has 4 heterocycles. The van der Waals surface area contributed by atoms with Gasteiger partial charge in [0.1, 0.15) is 28.6 Å². The predicted molar refractivity (Wildman–Crippen MR) is 177 cm³/mol. The van der Waals surface area contributed by atoms with Gasteiger partial charge in [0, 0.05) is 35.6 Å². The Kier molecular flexibility index (Phi) is 8.27. The zero-order valence-corrected chi connectivity index (χ0v) is 26.1. The minimum absolute atomic E-state index is 0.0933. The lowest BCUT2D eigenvalue weighted by Gasteiger charge is -2.29. The predicted octanol–water partition coefficient (Wildman–Crippen LogP) is 4.29. The molecule has 12 nitrogen and oxygen atoms in total. The fraction of sp³-hybridized carbons (Fsp3) is 0.257. The van der Waals surface area contributed by atoms with Gasteiger partial charge in [-0.25, -0.2) is 18.7 Å². The fourth-order valence-electron chi connectivity index (χ4n) is 5.74. The van der Waals surface area contributed by atoms with Crippen LogP contribution in [0.3, 0.4) is 0 Å². The molecule has 7 rings (SSSR count). The van der Waals surface area contributed by atoms with Crippen LogP contribution in [0, 0.1) is 5.82 Å². The monoisotopic (exact) mass is 649 g/mol. The summed E-state index contributed by atoms with van der Waals surface area (Å²) in [6.07, 6.45) is 7.68. The molecule has 0 atom stereocenters. The highest BCUT2D eigenvalue weighted by Gasteiger charge is 2.29. The molecule has 0 bridgehead atoms. The Hall–Kier alpha value is -5.69. The molecule has 1 saturated heterocycles. The molecule has 0 radical (unpaired) electrons. The van der Waals surface area contributed by atoms with Crippen molar-refractivity contribution in [3.8, 4) is 17.2 Å². The van der Waals surface area contributed by atoms with Gasteiger partial charge < -0.3 is 20.3 Å². The van der Waals surface area contributed by atoms with Gasteiger partial charge in [0.2, 0.25) is 0 Å². The molecule has 3 aromatic heterocycles. The number of anilines is 1. The van der Waals surface area contributed by atoms with E-state index in [1.54, 1.807) is 48.8 Å². The zero-order chi connectivity index (χ0) is 33.4. The summed E-state index contributed by atoms with van der Waals surface area (Å²) in [5.74, 6) is -0.539. The van der Waals surface area contributed by atoms with E-state index in [-0.39, 0.29) is 34.9 Å². The Morgan fingerprint density at radius 3 is 2.35 bits per heavy atom. The maximum atomic E-state index is 13.6. The minimum atomic E-state index is -0.806. The summed E-state index contributed by atoms with van der Waals surface area (Å²) in [6, 6.07) is 14.8. The van der Waals surface area contributed by atoms with Crippen LogP contribution in [0.15, 0.2) is 88.8 Å². The molecule has 2 N–H and O–H groups in total. The molecule has 13 heteroatoms. The van der Waals surface area contributed by atoms with E-state index in [9.17, 15) is 23.6 Å². The lowest BCUT2D eigenvalue weighted by atomic mass is 10.1. The first-order valence-corrected chi connectivity index (χ1v) is 15.7. The Balaban J connectivity index is 1.09. The molecule has 48 heavy (non-hydrogen) atoms. The number of nitrogens with zero attached hydrogens (tertiary/aromatic N) is 5. The van der Waals surface area contributed by atoms with Crippen LogP contribution in [-0.4, -0.2) is 62.0 Å². The first-order chi connectivity index (χ1) is 23.2. The summed E-state index contributed by atoms with van der Waals surface area (Å²) in [5.41, 5.74) is -0.230. The number of pyridine rings is 2. The van der Waals surface area contributed by atoms with Gasteiger partial charge in [-0.05, 0) is 106 Å². The van der Waals surface area contributed by atoms with Gasteiger partial charge in [-0.2, -0.15) is 0 Å². The Labute approximate surface area is 273 Å². The summed E-state index contributed by atoms with van der Waals surface area (Å²) in [6.45, 7) is 1.85. The third-order valence-electron chi connectivity index (χ3n) is 8.60. The van der Waals surface area contributed by atoms with Crippen molar-refractivity contribution in [2.24, 2.45) is 0 Å². The normalized spacial score (nSPS) is 15.3. The highest BCUT2D eigenvalue weighted by atomic mass is 19.1. The second kappa shape index (κ2) is 12.8. The Morgan fingerprint density at radius 1 is 0.917 bits per heavy atom. The van der Waals surface area contributed by atoms with Crippen molar-refractivity contribution in [2.45, 2.75) is 37.8 Å². The molecule has 1 saturated carbocycles. The summed E-state index contributed by atoms with van der Waals surface area (Å²) >= 11 is 0. The lowest BCUT2D eigenvalue weighted by molar-refractivity contribution is 0.0911. The van der Waals surface area contributed by atoms with Gasteiger partial charge in [-0.1, -0.05) is 0 Å². The number of nitrogens with one attached hydrogen (secondary N) is 2. The van der Waals surface area contributed by atoms with Crippen molar-refractivity contribution >= 4 is 28.4 Å². The SMILES string of the molecule is CN1CCC(NC(=O)c2cc3c(Oc4ccc(NC(=O)c5cn(C6CC6)c(=O)n(-c6ccc(F)cc6)c5=O)cc4)ccnc3cn2)CC1. The molecule has 2 amide bonds. The number of hydrogen-bond donors (Lipinski definition) is 2. The van der Waals surface area contributed by atoms with Crippen LogP contribution >= 0.6 is 0 Å². The number of benzene rings is 2. The maximum Gasteiger partial charge on any atom is 0.335 e. The maximum absolute atomic E-state index is 13.6. The van der Waals surface area contributed by atoms with Crippen molar-refractivity contribution in [1.29, 1.82) is 0 Å². The smallest absolute Gasteiger partial charge is 0.335 e. The van der Waals surface area contributed by atoms with Crippen molar-refractivity contribution in [3.05, 3.63) is 117 Å². The largest absolute Gasteiger partial charge is 0.457 e. The lowest BCUT2D eigenvalue weighted by Crippen LogP contribution is -2.43. The van der Waals surface area contributed by atoms with Gasteiger partial charge in [-0.15, -0.1) is 0 Å². The van der Waals surface area contributed by atoms with Crippen LogP contribution in [0.1, 0.15) is 52.6 Å². The number of amides is 2. The summed E-state index contributed by atoms with van der Waals surface area (Å²) in [7, 11) is 2.07. The van der Waals surface area contributed by atoms with Crippen molar-refractivity contribution in [1.82, 2.24) is 29.3 Å². The van der Waals surface area contributed by atoms with Crippen LogP contribution in [-0.2, 0) is 0 Å². The highest BCUT2D eigenvalue weighted by Crippen LogP contribution is 2.33. The van der Waals surface area contributed by atoms with E-state index in [2.05, 4.69) is 32.5 Å². The van der Waals surface area contributed by atoms with Gasteiger partial charge in [0.25, 0.3) is 17.4 Å². The van der Waals surface area contributed by atoms with Crippen molar-refractivity contribution < 1.29 is 18.7 Å². The average molecular weight is 650 g/mol. The quantitative estimate of drug-likeness (QED) is 0.254. The second-order valence-electron chi connectivity index (χ2n) is 12.1. The van der Waals surface area contributed by atoms with E-state index < -0.39 is 23.0 Å². The number of halogens is 1. The molecule has 1 aliphatic heterocycles. The minimum Gasteiger partial charge on any atom is -0.457 e. The molecular formula is C35H32FN7O5. The average Bonchev–Trinajstić information content (AvgIpc) is 3.93. The fourth-order valence-corrected chi connectivity index (χ4v) is 5.74. The number of likely N-dealkylation sites (tertiary alicyclic amines) is 1. The summed E-state index contributed by atoms with van der Waals surface area (Å²) in [5, 5.41) is 6.41. The third kappa shape index (κ3) is 6.45. The first-order valence-electron chi connectivity index (χ1n) is 15.7. The molecular weight excluding hydrogens is 617 g/mol. The van der Waals surface area contributed by atoms with E-state index >= 15 is 0 Å². The second-order valence-corrected chi connectivity index (χ2v) is 12.1. The van der Waals surface area contributed by atoms with Crippen LogP contribution in [0.5, 0.6) is 11.5 Å². The van der Waals surface area contributed by atoms with Gasteiger partial charge in [-0.3, -0.25) is 23.9 Å². The number of carbonyl (C=O) groups excluding carboxylic acids is 2. The molecule has 2 aromatic carbocycles. The third-order valence-corrected chi connectivity index (χ3v) is 8.60. The molecule has 2 aliphatic rings. The summed E-state index contributed by atoms with van der Waals surface area (Å²) < 4.78 is 22.0. The van der Waals surface area contributed by atoms with Gasteiger partial charge in [0.15, 0.2) is 0 Å². The van der Waals surface area contributed by atoms with Gasteiger partial charge >= 0.3 is 5.69 Å². The van der Waals surface area contributed by atoms with E-state index in [4.69, 9.17) is 4.74 Å². The first kappa shape index (κ1) is 30.9. The highest BCUT2D eigenvalue weighted by molar-refractivity contribution is 6.04. The van der Waals surface area contributed by atoms with E-state index in [1.807, 2.05) is 0 Å². The molecule has 244 valence electrons. The molecule has 5 aromatic rings. The van der Waals surface area contributed by atoms with E-state index in [0.29, 0.717) is 28.1 Å². The molecule has 0 spiro atoms. The number of rotatable bonds is 8. The van der Waals surface area contributed by atoms with Crippen molar-refractivity contribution in [3.63, 3.8) is 0 Å². The number of fused-ring (bicyclic) bond motifs is 1. The van der Waals surface area contributed by atoms with Crippen LogP contribution in [0.4, 0.5) is 10.1 Å². The topological polar surface area (TPSA) is 140 Å². The number of carbonyl (C=O) groups is 2. The number of aromatic nitrogens is 4. The number of ether oxygens (including phenoxy) is 1. The van der Waals surface area contributed by atoms with Gasteiger partial charge in [0.05, 0.1) is 17.4 Å².